The minimum absolute atomic E-state index is 0.0730. The maximum atomic E-state index is 11.8. The number of amides is 1. The Hall–Kier alpha value is -2.04. The molecule has 1 heterocycles. The van der Waals surface area contributed by atoms with Gasteiger partial charge in [-0.15, -0.1) is 0 Å². The lowest BCUT2D eigenvalue weighted by Gasteiger charge is -2.31. The van der Waals surface area contributed by atoms with Crippen molar-refractivity contribution < 1.29 is 4.79 Å². The molecule has 0 unspecified atom stereocenters. The molecule has 0 saturated carbocycles. The molecule has 1 aliphatic rings. The van der Waals surface area contributed by atoms with Crippen molar-refractivity contribution in [2.24, 2.45) is 16.6 Å². The minimum Gasteiger partial charge on any atom is -0.370 e. The number of hydrogen-bond donors (Lipinski definition) is 2. The zero-order chi connectivity index (χ0) is 15.1. The van der Waals surface area contributed by atoms with Gasteiger partial charge in [0.05, 0.1) is 6.54 Å². The first-order chi connectivity index (χ1) is 10.2. The molecule has 0 radical (unpaired) electrons. The van der Waals surface area contributed by atoms with Crippen LogP contribution in [0.1, 0.15) is 30.1 Å². The van der Waals surface area contributed by atoms with Crippen molar-refractivity contribution in [2.45, 2.75) is 19.8 Å². The van der Waals surface area contributed by atoms with Crippen LogP contribution >= 0.6 is 0 Å². The molecule has 1 aromatic carbocycles. The van der Waals surface area contributed by atoms with Gasteiger partial charge in [0.15, 0.2) is 5.96 Å². The van der Waals surface area contributed by atoms with Crippen molar-refractivity contribution in [3.63, 3.8) is 0 Å². The number of nitrogens with zero attached hydrogens (tertiary/aromatic N) is 2. The van der Waals surface area contributed by atoms with E-state index in [9.17, 15) is 4.79 Å². The predicted molar refractivity (Wildman–Crippen MR) is 85.2 cm³/mol. The summed E-state index contributed by atoms with van der Waals surface area (Å²) < 4.78 is 0. The fraction of sp³-hybridized carbons (Fsp3) is 0.500. The Morgan fingerprint density at radius 1 is 1.33 bits per heavy atom. The fourth-order valence-electron chi connectivity index (χ4n) is 2.37. The molecule has 3 N–H and O–H groups in total. The highest BCUT2D eigenvalue weighted by molar-refractivity contribution is 5.94. The van der Waals surface area contributed by atoms with Gasteiger partial charge in [-0.25, -0.2) is 0 Å². The van der Waals surface area contributed by atoms with Crippen LogP contribution in [0.5, 0.6) is 0 Å². The molecule has 5 heteroatoms. The second kappa shape index (κ2) is 7.67. The quantitative estimate of drug-likeness (QED) is 0.500. The number of piperidine rings is 1. The number of nitrogens with one attached hydrogen (secondary N) is 1. The summed E-state index contributed by atoms with van der Waals surface area (Å²) in [5.41, 5.74) is 6.65. The molecule has 1 aromatic rings. The first-order valence-electron chi connectivity index (χ1n) is 7.55. The average molecular weight is 288 g/mol. The molecular formula is C16H24N4O. The van der Waals surface area contributed by atoms with Crippen LogP contribution in [-0.2, 0) is 0 Å². The molecule has 0 aromatic heterocycles. The van der Waals surface area contributed by atoms with Gasteiger partial charge in [-0.1, -0.05) is 25.1 Å². The summed E-state index contributed by atoms with van der Waals surface area (Å²) in [5, 5.41) is 2.84. The molecule has 1 fully saturated rings. The zero-order valence-electron chi connectivity index (χ0n) is 12.6. The Morgan fingerprint density at radius 2 is 2.00 bits per heavy atom. The van der Waals surface area contributed by atoms with E-state index in [2.05, 4.69) is 22.1 Å². The number of carbonyl (C=O) groups is 1. The molecule has 1 saturated heterocycles. The van der Waals surface area contributed by atoms with E-state index >= 15 is 0 Å². The van der Waals surface area contributed by atoms with Gasteiger partial charge in [-0.2, -0.15) is 0 Å². The highest BCUT2D eigenvalue weighted by Crippen LogP contribution is 2.15. The number of likely N-dealkylation sites (tertiary alicyclic amines) is 1. The Balaban J connectivity index is 1.71. The van der Waals surface area contributed by atoms with E-state index in [1.807, 2.05) is 18.2 Å². The third-order valence-electron chi connectivity index (χ3n) is 3.81. The maximum Gasteiger partial charge on any atom is 0.251 e. The Morgan fingerprint density at radius 3 is 2.67 bits per heavy atom. The van der Waals surface area contributed by atoms with Crippen LogP contribution in [-0.4, -0.2) is 42.9 Å². The van der Waals surface area contributed by atoms with E-state index in [0.717, 1.165) is 19.0 Å². The molecule has 114 valence electrons. The van der Waals surface area contributed by atoms with E-state index in [-0.39, 0.29) is 5.91 Å². The first-order valence-corrected chi connectivity index (χ1v) is 7.55. The van der Waals surface area contributed by atoms with Crippen LogP contribution < -0.4 is 11.1 Å². The van der Waals surface area contributed by atoms with Crippen LogP contribution in [0.15, 0.2) is 35.3 Å². The van der Waals surface area contributed by atoms with Crippen LogP contribution in [0.4, 0.5) is 0 Å². The van der Waals surface area contributed by atoms with Gasteiger partial charge >= 0.3 is 0 Å². The number of guanidine groups is 1. The van der Waals surface area contributed by atoms with Gasteiger partial charge in [-0.05, 0) is 30.9 Å². The highest BCUT2D eigenvalue weighted by Gasteiger charge is 2.16. The normalized spacial score (nSPS) is 16.8. The number of hydrogen-bond acceptors (Lipinski definition) is 2. The zero-order valence-corrected chi connectivity index (χ0v) is 12.6. The van der Waals surface area contributed by atoms with Gasteiger partial charge in [0, 0.05) is 25.2 Å². The maximum absolute atomic E-state index is 11.8. The summed E-state index contributed by atoms with van der Waals surface area (Å²) in [4.78, 5) is 18.3. The van der Waals surface area contributed by atoms with Crippen LogP contribution in [0.2, 0.25) is 0 Å². The number of nitrogens with two attached hydrogens (primary N) is 1. The Labute approximate surface area is 126 Å². The summed E-state index contributed by atoms with van der Waals surface area (Å²) >= 11 is 0. The summed E-state index contributed by atoms with van der Waals surface area (Å²) in [6.07, 6.45) is 2.34. The van der Waals surface area contributed by atoms with Crippen molar-refractivity contribution in [3.8, 4) is 0 Å². The second-order valence-corrected chi connectivity index (χ2v) is 5.53. The lowest BCUT2D eigenvalue weighted by atomic mass is 10.00. The molecule has 1 aliphatic heterocycles. The predicted octanol–water partition coefficient (Wildman–Crippen LogP) is 1.46. The number of rotatable bonds is 4. The van der Waals surface area contributed by atoms with Crippen LogP contribution in [0.25, 0.3) is 0 Å². The molecule has 0 aliphatic carbocycles. The molecule has 2 rings (SSSR count). The summed E-state index contributed by atoms with van der Waals surface area (Å²) in [6, 6.07) is 9.18. The summed E-state index contributed by atoms with van der Waals surface area (Å²) in [6.45, 7) is 5.23. The highest BCUT2D eigenvalue weighted by atomic mass is 16.1. The lowest BCUT2D eigenvalue weighted by Crippen LogP contribution is -2.42. The number of aliphatic imine (C=N–C) groups is 1. The molecular weight excluding hydrogens is 264 g/mol. The largest absolute Gasteiger partial charge is 0.370 e. The van der Waals surface area contributed by atoms with Crippen molar-refractivity contribution in [1.82, 2.24) is 10.2 Å². The molecule has 1 amide bonds. The van der Waals surface area contributed by atoms with E-state index in [1.54, 1.807) is 12.1 Å². The molecule has 0 atom stereocenters. The van der Waals surface area contributed by atoms with Gasteiger partial charge in [0.2, 0.25) is 0 Å². The van der Waals surface area contributed by atoms with Gasteiger partial charge < -0.3 is 16.0 Å². The standard InChI is InChI=1S/C16H24N4O/c1-13-7-11-20(12-8-13)16(17)19-10-9-18-15(21)14-5-3-2-4-6-14/h2-6,13H,7-12H2,1H3,(H2,17,19)(H,18,21). The summed E-state index contributed by atoms with van der Waals surface area (Å²) in [7, 11) is 0. The van der Waals surface area contributed by atoms with Crippen molar-refractivity contribution in [3.05, 3.63) is 35.9 Å². The first kappa shape index (κ1) is 15.4. The number of carbonyl (C=O) groups excluding carboxylic acids is 1. The van der Waals surface area contributed by atoms with Crippen LogP contribution in [0.3, 0.4) is 0 Å². The summed E-state index contributed by atoms with van der Waals surface area (Å²) in [5.74, 6) is 1.30. The molecule has 0 spiro atoms. The topological polar surface area (TPSA) is 70.7 Å². The van der Waals surface area contributed by atoms with E-state index in [0.29, 0.717) is 24.6 Å². The Bertz CT molecular complexity index is 478. The van der Waals surface area contributed by atoms with E-state index < -0.39 is 0 Å². The third kappa shape index (κ3) is 4.77. The van der Waals surface area contributed by atoms with E-state index in [4.69, 9.17) is 5.73 Å². The average Bonchev–Trinajstić information content (AvgIpc) is 2.52. The minimum atomic E-state index is -0.0730. The number of benzene rings is 1. The SMILES string of the molecule is CC1CCN(C(N)=NCCNC(=O)c2ccccc2)CC1. The third-order valence-corrected chi connectivity index (χ3v) is 3.81. The smallest absolute Gasteiger partial charge is 0.251 e. The van der Waals surface area contributed by atoms with Crippen molar-refractivity contribution >= 4 is 11.9 Å². The fourth-order valence-corrected chi connectivity index (χ4v) is 2.37. The van der Waals surface area contributed by atoms with Crippen molar-refractivity contribution in [1.29, 1.82) is 0 Å². The van der Waals surface area contributed by atoms with Gasteiger partial charge in [-0.3, -0.25) is 9.79 Å². The monoisotopic (exact) mass is 288 g/mol. The second-order valence-electron chi connectivity index (χ2n) is 5.53. The molecule has 0 bridgehead atoms. The molecule has 5 nitrogen and oxygen atoms in total. The molecule has 21 heavy (non-hydrogen) atoms. The Kier molecular flexibility index (Phi) is 5.60. The van der Waals surface area contributed by atoms with Gasteiger partial charge in [0.1, 0.15) is 0 Å². The lowest BCUT2D eigenvalue weighted by molar-refractivity contribution is 0.0955. The van der Waals surface area contributed by atoms with Crippen LogP contribution in [0, 0.1) is 5.92 Å². The van der Waals surface area contributed by atoms with E-state index in [1.165, 1.54) is 12.8 Å². The van der Waals surface area contributed by atoms with Crippen molar-refractivity contribution in [2.75, 3.05) is 26.2 Å². The van der Waals surface area contributed by atoms with Gasteiger partial charge in [0.25, 0.3) is 5.91 Å².